The predicted molar refractivity (Wildman–Crippen MR) is 55.4 cm³/mol. The van der Waals surface area contributed by atoms with Gasteiger partial charge in [0.1, 0.15) is 0 Å². The van der Waals surface area contributed by atoms with E-state index in [1.807, 2.05) is 6.20 Å². The second-order valence-electron chi connectivity index (χ2n) is 3.35. The third-order valence-electron chi connectivity index (χ3n) is 2.38. The van der Waals surface area contributed by atoms with Crippen molar-refractivity contribution < 1.29 is 0 Å². The Hall–Kier alpha value is -1.44. The second kappa shape index (κ2) is 3.13. The van der Waals surface area contributed by atoms with Crippen molar-refractivity contribution in [2.24, 2.45) is 0 Å². The van der Waals surface area contributed by atoms with Gasteiger partial charge in [0.25, 0.3) is 0 Å². The normalized spacial score (nSPS) is 20.5. The number of anilines is 1. The zero-order chi connectivity index (χ0) is 9.26. The van der Waals surface area contributed by atoms with Gasteiger partial charge in [-0.05, 0) is 25.5 Å². The molecule has 1 aliphatic rings. The minimum absolute atomic E-state index is 0.362. The highest BCUT2D eigenvalue weighted by molar-refractivity contribution is 5.56. The maximum absolute atomic E-state index is 3.24. The Kier molecular flexibility index (Phi) is 1.97. The summed E-state index contributed by atoms with van der Waals surface area (Å²) >= 11 is 0. The lowest BCUT2D eigenvalue weighted by molar-refractivity contribution is 0.683. The zero-order valence-corrected chi connectivity index (χ0v) is 7.99. The molecular formula is C11H14N2. The Morgan fingerprint density at radius 2 is 2.08 bits per heavy atom. The van der Waals surface area contributed by atoms with E-state index in [1.54, 1.807) is 0 Å². The Morgan fingerprint density at radius 3 is 2.69 bits per heavy atom. The monoisotopic (exact) mass is 174 g/mol. The Bertz CT molecular complexity index is 331. The number of nitrogens with one attached hydrogen (secondary N) is 1. The molecule has 2 rings (SSSR count). The van der Waals surface area contributed by atoms with Crippen LogP contribution in [0.5, 0.6) is 0 Å². The molecule has 1 aromatic rings. The lowest BCUT2D eigenvalue weighted by Crippen LogP contribution is -2.32. The third-order valence-corrected chi connectivity index (χ3v) is 2.38. The first-order chi connectivity index (χ1) is 6.29. The van der Waals surface area contributed by atoms with E-state index in [-0.39, 0.29) is 0 Å². The van der Waals surface area contributed by atoms with Gasteiger partial charge >= 0.3 is 0 Å². The van der Waals surface area contributed by atoms with Crippen LogP contribution < -0.4 is 10.2 Å². The molecule has 68 valence electrons. The number of nitrogens with zero attached hydrogens (tertiary/aromatic N) is 1. The molecule has 0 spiro atoms. The molecule has 0 saturated heterocycles. The number of hydrogen-bond donors (Lipinski definition) is 1. The van der Waals surface area contributed by atoms with Gasteiger partial charge in [-0.25, -0.2) is 0 Å². The highest BCUT2D eigenvalue weighted by atomic mass is 15.3. The van der Waals surface area contributed by atoms with Gasteiger partial charge in [-0.1, -0.05) is 18.2 Å². The molecule has 1 heterocycles. The summed E-state index contributed by atoms with van der Waals surface area (Å²) in [5.41, 5.74) is 2.58. The molecule has 0 fully saturated rings. The third kappa shape index (κ3) is 1.39. The average molecular weight is 174 g/mol. The van der Waals surface area contributed by atoms with Crippen LogP contribution in [-0.4, -0.2) is 6.17 Å². The minimum Gasteiger partial charge on any atom is -0.370 e. The van der Waals surface area contributed by atoms with Crippen LogP contribution in [0.1, 0.15) is 12.5 Å². The SMILES string of the molecule is Cc1ccccc1N1C=CN[C@H]1C. The number of aryl methyl sites for hydroxylation is 1. The summed E-state index contributed by atoms with van der Waals surface area (Å²) in [6.45, 7) is 4.28. The maximum Gasteiger partial charge on any atom is 0.1000 e. The van der Waals surface area contributed by atoms with E-state index < -0.39 is 0 Å². The number of hydrogen-bond acceptors (Lipinski definition) is 2. The van der Waals surface area contributed by atoms with Crippen LogP contribution in [0.15, 0.2) is 36.7 Å². The van der Waals surface area contributed by atoms with E-state index in [0.717, 1.165) is 0 Å². The lowest BCUT2D eigenvalue weighted by Gasteiger charge is -2.23. The van der Waals surface area contributed by atoms with Crippen molar-refractivity contribution in [3.63, 3.8) is 0 Å². The van der Waals surface area contributed by atoms with E-state index in [4.69, 9.17) is 0 Å². The Labute approximate surface area is 78.9 Å². The highest BCUT2D eigenvalue weighted by Gasteiger charge is 2.15. The van der Waals surface area contributed by atoms with Gasteiger partial charge in [-0.2, -0.15) is 0 Å². The molecule has 2 heteroatoms. The molecule has 1 atom stereocenters. The van der Waals surface area contributed by atoms with Crippen molar-refractivity contribution >= 4 is 5.69 Å². The molecule has 1 aliphatic heterocycles. The summed E-state index contributed by atoms with van der Waals surface area (Å²) in [4.78, 5) is 2.23. The van der Waals surface area contributed by atoms with Gasteiger partial charge in [0.05, 0.1) is 6.17 Å². The largest absolute Gasteiger partial charge is 0.370 e. The number of para-hydroxylation sites is 1. The molecule has 13 heavy (non-hydrogen) atoms. The molecule has 1 aromatic carbocycles. The van der Waals surface area contributed by atoms with E-state index in [1.165, 1.54) is 11.3 Å². The van der Waals surface area contributed by atoms with Gasteiger partial charge in [-0.3, -0.25) is 0 Å². The quantitative estimate of drug-likeness (QED) is 0.702. The summed E-state index contributed by atoms with van der Waals surface area (Å²) in [5, 5.41) is 3.24. The molecule has 0 bridgehead atoms. The van der Waals surface area contributed by atoms with E-state index in [0.29, 0.717) is 6.17 Å². The topological polar surface area (TPSA) is 15.3 Å². The van der Waals surface area contributed by atoms with Gasteiger partial charge in [0, 0.05) is 18.1 Å². The van der Waals surface area contributed by atoms with Crippen molar-refractivity contribution in [1.29, 1.82) is 0 Å². The van der Waals surface area contributed by atoms with Gasteiger partial charge in [0.2, 0.25) is 0 Å². The van der Waals surface area contributed by atoms with Crippen LogP contribution in [-0.2, 0) is 0 Å². The fourth-order valence-corrected chi connectivity index (χ4v) is 1.61. The van der Waals surface area contributed by atoms with Crippen LogP contribution in [0.4, 0.5) is 5.69 Å². The molecule has 0 aliphatic carbocycles. The fourth-order valence-electron chi connectivity index (χ4n) is 1.61. The van der Waals surface area contributed by atoms with Crippen molar-refractivity contribution in [1.82, 2.24) is 5.32 Å². The van der Waals surface area contributed by atoms with E-state index in [9.17, 15) is 0 Å². The molecular weight excluding hydrogens is 160 g/mol. The van der Waals surface area contributed by atoms with Gasteiger partial charge < -0.3 is 10.2 Å². The van der Waals surface area contributed by atoms with Crippen LogP contribution in [0.25, 0.3) is 0 Å². The van der Waals surface area contributed by atoms with Gasteiger partial charge in [-0.15, -0.1) is 0 Å². The molecule has 0 aromatic heterocycles. The molecule has 1 N–H and O–H groups in total. The van der Waals surface area contributed by atoms with Crippen LogP contribution >= 0.6 is 0 Å². The maximum atomic E-state index is 3.24. The van der Waals surface area contributed by atoms with Crippen LogP contribution in [0.3, 0.4) is 0 Å². The number of benzene rings is 1. The van der Waals surface area contributed by atoms with Gasteiger partial charge in [0.15, 0.2) is 0 Å². The van der Waals surface area contributed by atoms with Crippen molar-refractivity contribution in [2.45, 2.75) is 20.0 Å². The van der Waals surface area contributed by atoms with Crippen LogP contribution in [0, 0.1) is 6.92 Å². The molecule has 0 unspecified atom stereocenters. The Morgan fingerprint density at radius 1 is 1.31 bits per heavy atom. The molecule has 0 saturated carbocycles. The molecule has 0 amide bonds. The first kappa shape index (κ1) is 8.17. The fraction of sp³-hybridized carbons (Fsp3) is 0.273. The molecule has 0 radical (unpaired) electrons. The summed E-state index contributed by atoms with van der Waals surface area (Å²) in [7, 11) is 0. The van der Waals surface area contributed by atoms with Crippen molar-refractivity contribution in [3.8, 4) is 0 Å². The van der Waals surface area contributed by atoms with Crippen molar-refractivity contribution in [2.75, 3.05) is 4.90 Å². The first-order valence-corrected chi connectivity index (χ1v) is 4.56. The second-order valence-corrected chi connectivity index (χ2v) is 3.35. The minimum atomic E-state index is 0.362. The lowest BCUT2D eigenvalue weighted by atomic mass is 10.2. The molecule has 2 nitrogen and oxygen atoms in total. The Balaban J connectivity index is 2.35. The summed E-state index contributed by atoms with van der Waals surface area (Å²) in [5.74, 6) is 0. The standard InChI is InChI=1S/C11H14N2/c1-9-5-3-4-6-11(9)13-8-7-12-10(13)2/h3-8,10,12H,1-2H3/t10-/m1/s1. The summed E-state index contributed by atoms with van der Waals surface area (Å²) < 4.78 is 0. The number of rotatable bonds is 1. The smallest absolute Gasteiger partial charge is 0.1000 e. The van der Waals surface area contributed by atoms with E-state index in [2.05, 4.69) is 54.5 Å². The average Bonchev–Trinajstić information content (AvgIpc) is 2.52. The van der Waals surface area contributed by atoms with Crippen LogP contribution in [0.2, 0.25) is 0 Å². The highest BCUT2D eigenvalue weighted by Crippen LogP contribution is 2.22. The first-order valence-electron chi connectivity index (χ1n) is 4.56. The summed E-state index contributed by atoms with van der Waals surface area (Å²) in [6.07, 6.45) is 4.42. The zero-order valence-electron chi connectivity index (χ0n) is 7.99. The summed E-state index contributed by atoms with van der Waals surface area (Å²) in [6, 6.07) is 8.41. The predicted octanol–water partition coefficient (Wildman–Crippen LogP) is 2.22. The van der Waals surface area contributed by atoms with E-state index >= 15 is 0 Å². The van der Waals surface area contributed by atoms with Crippen molar-refractivity contribution in [3.05, 3.63) is 42.2 Å².